The molecule has 0 aliphatic heterocycles. The summed E-state index contributed by atoms with van der Waals surface area (Å²) in [6, 6.07) is 15.8. The number of methoxy groups -OCH3 is 2. The highest BCUT2D eigenvalue weighted by Gasteiger charge is 2.02. The van der Waals surface area contributed by atoms with Crippen LogP contribution in [0.1, 0.15) is 11.1 Å². The zero-order valence-corrected chi connectivity index (χ0v) is 14.9. The number of hydrogen-bond donors (Lipinski definition) is 2. The second-order valence-electron chi connectivity index (χ2n) is 5.73. The number of carbonyl (C=O) groups is 1. The molecule has 0 heterocycles. The van der Waals surface area contributed by atoms with Crippen LogP contribution in [0.2, 0.25) is 0 Å². The van der Waals surface area contributed by atoms with E-state index in [0.29, 0.717) is 13.1 Å². The lowest BCUT2D eigenvalue weighted by molar-refractivity contribution is -0.120. The predicted octanol–water partition coefficient (Wildman–Crippen LogP) is 2.19. The molecule has 0 unspecified atom stereocenters. The Hall–Kier alpha value is -2.53. The van der Waals surface area contributed by atoms with Crippen LogP contribution in [-0.4, -0.2) is 39.8 Å². The largest absolute Gasteiger partial charge is 0.497 e. The molecule has 0 bridgehead atoms. The number of nitrogens with one attached hydrogen (secondary N) is 2. The van der Waals surface area contributed by atoms with Gasteiger partial charge in [0.2, 0.25) is 5.91 Å². The van der Waals surface area contributed by atoms with Crippen molar-refractivity contribution >= 4 is 5.91 Å². The monoisotopic (exact) mass is 342 g/mol. The zero-order valence-electron chi connectivity index (χ0n) is 14.9. The molecule has 25 heavy (non-hydrogen) atoms. The molecule has 0 radical (unpaired) electrons. The Morgan fingerprint density at radius 1 is 0.880 bits per heavy atom. The molecule has 0 atom stereocenters. The third-order valence-corrected chi connectivity index (χ3v) is 3.88. The smallest absolute Gasteiger partial charge is 0.233 e. The lowest BCUT2D eigenvalue weighted by Crippen LogP contribution is -2.35. The molecule has 0 aliphatic carbocycles. The van der Waals surface area contributed by atoms with Crippen molar-refractivity contribution in [2.75, 3.05) is 33.9 Å². The first-order valence-electron chi connectivity index (χ1n) is 8.44. The van der Waals surface area contributed by atoms with Crippen LogP contribution in [0.5, 0.6) is 11.5 Å². The van der Waals surface area contributed by atoms with Gasteiger partial charge in [0.25, 0.3) is 0 Å². The minimum Gasteiger partial charge on any atom is -0.497 e. The van der Waals surface area contributed by atoms with Gasteiger partial charge in [-0.05, 0) is 54.8 Å². The third kappa shape index (κ3) is 6.85. The van der Waals surface area contributed by atoms with Gasteiger partial charge in [0.1, 0.15) is 11.5 Å². The van der Waals surface area contributed by atoms with Crippen LogP contribution in [0.15, 0.2) is 48.5 Å². The number of benzene rings is 2. The Labute approximate surface area is 149 Å². The van der Waals surface area contributed by atoms with Crippen molar-refractivity contribution in [2.45, 2.75) is 12.8 Å². The van der Waals surface area contributed by atoms with Crippen molar-refractivity contribution in [3.05, 3.63) is 59.7 Å². The van der Waals surface area contributed by atoms with Gasteiger partial charge in [-0.2, -0.15) is 0 Å². The number of ether oxygens (including phenoxy) is 2. The van der Waals surface area contributed by atoms with E-state index in [1.807, 2.05) is 42.5 Å². The topological polar surface area (TPSA) is 59.6 Å². The second-order valence-corrected chi connectivity index (χ2v) is 5.73. The fourth-order valence-electron chi connectivity index (χ4n) is 2.50. The van der Waals surface area contributed by atoms with Crippen molar-refractivity contribution in [2.24, 2.45) is 0 Å². The fraction of sp³-hybridized carbons (Fsp3) is 0.350. The van der Waals surface area contributed by atoms with Crippen molar-refractivity contribution in [1.82, 2.24) is 10.6 Å². The molecule has 2 aromatic rings. The maximum atomic E-state index is 11.8. The summed E-state index contributed by atoms with van der Waals surface area (Å²) in [4.78, 5) is 11.8. The van der Waals surface area contributed by atoms with Crippen molar-refractivity contribution in [3.8, 4) is 11.5 Å². The van der Waals surface area contributed by atoms with Gasteiger partial charge in [0.05, 0.1) is 20.8 Å². The zero-order chi connectivity index (χ0) is 17.9. The van der Waals surface area contributed by atoms with E-state index in [1.54, 1.807) is 14.2 Å². The Morgan fingerprint density at radius 3 is 2.00 bits per heavy atom. The highest BCUT2D eigenvalue weighted by molar-refractivity contribution is 5.77. The van der Waals surface area contributed by atoms with Gasteiger partial charge in [-0.1, -0.05) is 24.3 Å². The van der Waals surface area contributed by atoms with Gasteiger partial charge in [-0.3, -0.25) is 4.79 Å². The van der Waals surface area contributed by atoms with Crippen LogP contribution in [0.25, 0.3) is 0 Å². The molecule has 2 aromatic carbocycles. The minimum atomic E-state index is 0.00791. The predicted molar refractivity (Wildman–Crippen MR) is 99.3 cm³/mol. The minimum absolute atomic E-state index is 0.00791. The first-order valence-corrected chi connectivity index (χ1v) is 8.44. The van der Waals surface area contributed by atoms with Crippen molar-refractivity contribution in [1.29, 1.82) is 0 Å². The molecule has 0 spiro atoms. The number of carbonyl (C=O) groups excluding carboxylic acids is 1. The van der Waals surface area contributed by atoms with E-state index in [2.05, 4.69) is 16.7 Å². The van der Waals surface area contributed by atoms with E-state index >= 15 is 0 Å². The molecule has 134 valence electrons. The van der Waals surface area contributed by atoms with Crippen molar-refractivity contribution < 1.29 is 14.3 Å². The van der Waals surface area contributed by atoms with E-state index in [4.69, 9.17) is 9.47 Å². The number of amides is 1. The molecule has 0 saturated carbocycles. The van der Waals surface area contributed by atoms with Gasteiger partial charge < -0.3 is 20.1 Å². The molecule has 0 aliphatic rings. The molecule has 0 saturated heterocycles. The Morgan fingerprint density at radius 2 is 1.44 bits per heavy atom. The van der Waals surface area contributed by atoms with E-state index in [0.717, 1.165) is 36.4 Å². The fourth-order valence-corrected chi connectivity index (χ4v) is 2.50. The van der Waals surface area contributed by atoms with Gasteiger partial charge in [-0.25, -0.2) is 0 Å². The van der Waals surface area contributed by atoms with Crippen LogP contribution in [0.4, 0.5) is 0 Å². The molecule has 2 N–H and O–H groups in total. The van der Waals surface area contributed by atoms with Crippen LogP contribution in [-0.2, 0) is 17.6 Å². The average molecular weight is 342 g/mol. The van der Waals surface area contributed by atoms with Gasteiger partial charge in [0, 0.05) is 6.54 Å². The van der Waals surface area contributed by atoms with E-state index in [1.165, 1.54) is 5.56 Å². The highest BCUT2D eigenvalue weighted by Crippen LogP contribution is 2.13. The van der Waals surface area contributed by atoms with Gasteiger partial charge >= 0.3 is 0 Å². The summed E-state index contributed by atoms with van der Waals surface area (Å²) in [5, 5.41) is 6.09. The lowest BCUT2D eigenvalue weighted by Gasteiger charge is -2.08. The van der Waals surface area contributed by atoms with Crippen LogP contribution in [0.3, 0.4) is 0 Å². The Kier molecular flexibility index (Phi) is 7.79. The normalized spacial score (nSPS) is 10.3. The van der Waals surface area contributed by atoms with Crippen LogP contribution < -0.4 is 20.1 Å². The second kappa shape index (κ2) is 10.4. The van der Waals surface area contributed by atoms with E-state index in [9.17, 15) is 4.79 Å². The summed E-state index contributed by atoms with van der Waals surface area (Å²) in [6.45, 7) is 1.68. The summed E-state index contributed by atoms with van der Waals surface area (Å²) in [5.74, 6) is 1.70. The number of hydrogen-bond acceptors (Lipinski definition) is 4. The summed E-state index contributed by atoms with van der Waals surface area (Å²) in [6.07, 6.45) is 1.64. The molecule has 5 nitrogen and oxygen atoms in total. The molecule has 1 amide bonds. The molecule has 0 aromatic heterocycles. The quantitative estimate of drug-likeness (QED) is 0.650. The maximum absolute atomic E-state index is 11.8. The summed E-state index contributed by atoms with van der Waals surface area (Å²) in [5.41, 5.74) is 2.33. The average Bonchev–Trinajstić information content (AvgIpc) is 2.65. The lowest BCUT2D eigenvalue weighted by atomic mass is 10.1. The van der Waals surface area contributed by atoms with Crippen LogP contribution >= 0.6 is 0 Å². The SMILES string of the molecule is COc1cccc(CCNCC(=O)NCCc2cccc(OC)c2)c1. The molecule has 0 fully saturated rings. The van der Waals surface area contributed by atoms with E-state index in [-0.39, 0.29) is 5.91 Å². The maximum Gasteiger partial charge on any atom is 0.233 e. The molecular weight excluding hydrogens is 316 g/mol. The van der Waals surface area contributed by atoms with Crippen molar-refractivity contribution in [3.63, 3.8) is 0 Å². The third-order valence-electron chi connectivity index (χ3n) is 3.88. The number of rotatable bonds is 10. The molecule has 2 rings (SSSR count). The summed E-state index contributed by atoms with van der Waals surface area (Å²) in [7, 11) is 3.31. The molecular formula is C20H26N2O3. The van der Waals surface area contributed by atoms with Gasteiger partial charge in [-0.15, -0.1) is 0 Å². The highest BCUT2D eigenvalue weighted by atomic mass is 16.5. The van der Waals surface area contributed by atoms with E-state index < -0.39 is 0 Å². The summed E-state index contributed by atoms with van der Waals surface area (Å²) < 4.78 is 10.4. The van der Waals surface area contributed by atoms with Crippen LogP contribution in [0, 0.1) is 0 Å². The van der Waals surface area contributed by atoms with Gasteiger partial charge in [0.15, 0.2) is 0 Å². The Bertz CT molecular complexity index is 673. The standard InChI is InChI=1S/C20H26N2O3/c1-24-18-7-3-5-16(13-18)9-11-21-15-20(23)22-12-10-17-6-4-8-19(14-17)25-2/h3-8,13-14,21H,9-12,15H2,1-2H3,(H,22,23). The first-order chi connectivity index (χ1) is 12.2. The Balaban J connectivity index is 1.60. The first kappa shape index (κ1) is 18.8. The molecule has 5 heteroatoms. The summed E-state index contributed by atoms with van der Waals surface area (Å²) >= 11 is 0.